The van der Waals surface area contributed by atoms with Gasteiger partial charge in [-0.3, -0.25) is 0 Å². The lowest BCUT2D eigenvalue weighted by Crippen LogP contribution is -2.62. The first-order chi connectivity index (χ1) is 25.4. The van der Waals surface area contributed by atoms with Gasteiger partial charge in [0.15, 0.2) is 12.2 Å². The molecule has 52 heavy (non-hydrogen) atoms. The maximum absolute atomic E-state index is 13.9. The molecule has 1 fully saturated rings. The van der Waals surface area contributed by atoms with Gasteiger partial charge in [-0.2, -0.15) is 0 Å². The van der Waals surface area contributed by atoms with Crippen LogP contribution in [0.15, 0.2) is 146 Å². The molecule has 5 aromatic rings. The second kappa shape index (κ2) is 17.4. The maximum Gasteiger partial charge on any atom is 0.343 e. The molecule has 1 saturated heterocycles. The molecule has 5 aromatic carbocycles. The Kier molecular flexibility index (Phi) is 12.1. The lowest BCUT2D eigenvalue weighted by Gasteiger charge is -2.46. The summed E-state index contributed by atoms with van der Waals surface area (Å²) in [6.45, 7) is 4.13. The van der Waals surface area contributed by atoms with Crippen LogP contribution in [0.3, 0.4) is 0 Å². The van der Waals surface area contributed by atoms with Crippen molar-refractivity contribution in [2.45, 2.75) is 51.7 Å². The van der Waals surface area contributed by atoms with Gasteiger partial charge < -0.3 is 28.4 Å². The zero-order valence-corrected chi connectivity index (χ0v) is 28.9. The van der Waals surface area contributed by atoms with Crippen LogP contribution in [0.5, 0.6) is 11.5 Å². The van der Waals surface area contributed by atoms with Gasteiger partial charge in [-0.05, 0) is 65.6 Å². The Balaban J connectivity index is 1.31. The molecule has 6 rings (SSSR count). The van der Waals surface area contributed by atoms with E-state index < -0.39 is 48.4 Å². The maximum atomic E-state index is 13.9. The highest BCUT2D eigenvalue weighted by Crippen LogP contribution is 2.38. The molecule has 1 aliphatic heterocycles. The van der Waals surface area contributed by atoms with E-state index in [1.807, 2.05) is 80.6 Å². The van der Waals surface area contributed by atoms with E-state index in [2.05, 4.69) is 0 Å². The number of esters is 3. The van der Waals surface area contributed by atoms with Crippen LogP contribution < -0.4 is 9.47 Å². The second-order valence-electron chi connectivity index (χ2n) is 12.7. The number of carbonyl (C=O) groups excluding carboxylic acids is 3. The number of hydrogen-bond donors (Lipinski definition) is 0. The van der Waals surface area contributed by atoms with Crippen molar-refractivity contribution in [2.24, 2.45) is 11.8 Å². The Morgan fingerprint density at radius 2 is 1.10 bits per heavy atom. The van der Waals surface area contributed by atoms with Gasteiger partial charge in [0.1, 0.15) is 24.2 Å². The van der Waals surface area contributed by atoms with Gasteiger partial charge in [0.2, 0.25) is 6.29 Å². The molecule has 0 aliphatic carbocycles. The predicted molar refractivity (Wildman–Crippen MR) is 192 cm³/mol. The minimum absolute atomic E-state index is 0.0427. The van der Waals surface area contributed by atoms with Crippen LogP contribution in [0.1, 0.15) is 45.7 Å². The largest absolute Gasteiger partial charge is 0.461 e. The molecule has 0 amide bonds. The molecule has 5 unspecified atom stereocenters. The minimum atomic E-state index is -1.30. The van der Waals surface area contributed by atoms with Crippen molar-refractivity contribution in [2.75, 3.05) is 0 Å². The third-order valence-corrected chi connectivity index (χ3v) is 8.66. The summed E-state index contributed by atoms with van der Waals surface area (Å²) in [6, 6.07) is 42.6. The SMILES string of the molecule is CC(C)C1C(C(=O)OCc2ccccc2)OC(Oc2ccc(OC(=O)c3ccccc3)cc2)C(OC(=O)c2ccccc2)C1OCc1ccccc1. The van der Waals surface area contributed by atoms with E-state index in [0.29, 0.717) is 22.6 Å². The Labute approximate surface area is 303 Å². The summed E-state index contributed by atoms with van der Waals surface area (Å²) in [5, 5.41) is 0. The fourth-order valence-corrected chi connectivity index (χ4v) is 6.03. The van der Waals surface area contributed by atoms with E-state index in [0.717, 1.165) is 11.1 Å². The van der Waals surface area contributed by atoms with E-state index in [9.17, 15) is 14.4 Å². The molecule has 0 spiro atoms. The summed E-state index contributed by atoms with van der Waals surface area (Å²) in [5.41, 5.74) is 2.46. The smallest absolute Gasteiger partial charge is 0.343 e. The van der Waals surface area contributed by atoms with Gasteiger partial charge in [0, 0.05) is 5.92 Å². The highest BCUT2D eigenvalue weighted by molar-refractivity contribution is 5.91. The van der Waals surface area contributed by atoms with Gasteiger partial charge in [-0.25, -0.2) is 14.4 Å². The van der Waals surface area contributed by atoms with Crippen LogP contribution in [0.25, 0.3) is 0 Å². The topological polar surface area (TPSA) is 107 Å². The van der Waals surface area contributed by atoms with Crippen LogP contribution in [0.2, 0.25) is 0 Å². The summed E-state index contributed by atoms with van der Waals surface area (Å²) in [6.07, 6.45) is -4.40. The molecule has 0 bridgehead atoms. The zero-order chi connectivity index (χ0) is 36.3. The first kappa shape index (κ1) is 36.0. The summed E-state index contributed by atoms with van der Waals surface area (Å²) >= 11 is 0. The van der Waals surface area contributed by atoms with Crippen LogP contribution >= 0.6 is 0 Å². The van der Waals surface area contributed by atoms with E-state index in [1.54, 1.807) is 78.9 Å². The molecule has 0 radical (unpaired) electrons. The van der Waals surface area contributed by atoms with Crippen LogP contribution in [0, 0.1) is 11.8 Å². The lowest BCUT2D eigenvalue weighted by molar-refractivity contribution is -0.275. The lowest BCUT2D eigenvalue weighted by atomic mass is 9.80. The van der Waals surface area contributed by atoms with Crippen molar-refractivity contribution >= 4 is 17.9 Å². The van der Waals surface area contributed by atoms with Gasteiger partial charge in [-0.1, -0.05) is 111 Å². The van der Waals surface area contributed by atoms with Crippen molar-refractivity contribution in [3.05, 3.63) is 168 Å². The number of hydrogen-bond acceptors (Lipinski definition) is 9. The molecule has 266 valence electrons. The molecule has 5 atom stereocenters. The van der Waals surface area contributed by atoms with Crippen LogP contribution in [-0.2, 0) is 37.0 Å². The normalized spacial score (nSPS) is 19.7. The van der Waals surface area contributed by atoms with Crippen molar-refractivity contribution in [1.82, 2.24) is 0 Å². The van der Waals surface area contributed by atoms with Gasteiger partial charge >= 0.3 is 17.9 Å². The number of benzene rings is 5. The highest BCUT2D eigenvalue weighted by Gasteiger charge is 2.54. The Morgan fingerprint density at radius 3 is 1.65 bits per heavy atom. The third kappa shape index (κ3) is 9.31. The van der Waals surface area contributed by atoms with E-state index in [4.69, 9.17) is 28.4 Å². The second-order valence-corrected chi connectivity index (χ2v) is 12.7. The molecule has 1 heterocycles. The summed E-state index contributed by atoms with van der Waals surface area (Å²) < 4.78 is 37.0. The van der Waals surface area contributed by atoms with Crippen molar-refractivity contribution in [3.63, 3.8) is 0 Å². The average molecular weight is 701 g/mol. The molecule has 9 heteroatoms. The Morgan fingerprint density at radius 1 is 0.596 bits per heavy atom. The minimum Gasteiger partial charge on any atom is -0.461 e. The molecule has 0 aromatic heterocycles. The number of carbonyl (C=O) groups is 3. The van der Waals surface area contributed by atoms with Crippen molar-refractivity contribution in [3.8, 4) is 11.5 Å². The fourth-order valence-electron chi connectivity index (χ4n) is 6.03. The number of ether oxygens (including phenoxy) is 6. The van der Waals surface area contributed by atoms with Crippen LogP contribution in [-0.4, -0.2) is 42.5 Å². The van der Waals surface area contributed by atoms with E-state index in [1.165, 1.54) is 0 Å². The summed E-state index contributed by atoms with van der Waals surface area (Å²) in [4.78, 5) is 40.2. The predicted octanol–water partition coefficient (Wildman–Crippen LogP) is 7.84. The third-order valence-electron chi connectivity index (χ3n) is 8.66. The standard InChI is InChI=1S/C43H40O9/c1-29(2)36-37(47-27-30-15-7-3-8-16-30)39(51-41(45)33-21-13-6-14-22-33)43(52-38(36)42(46)48-28-31-17-9-4-10-18-31)50-35-25-23-34(24-26-35)49-40(44)32-19-11-5-12-20-32/h3-26,29,36-39,43H,27-28H2,1-2H3. The molecule has 1 aliphatic rings. The first-order valence-corrected chi connectivity index (χ1v) is 17.2. The molecule has 9 nitrogen and oxygen atoms in total. The van der Waals surface area contributed by atoms with Gasteiger partial charge in [-0.15, -0.1) is 0 Å². The van der Waals surface area contributed by atoms with Crippen molar-refractivity contribution < 1.29 is 42.8 Å². The van der Waals surface area contributed by atoms with Gasteiger partial charge in [0.25, 0.3) is 0 Å². The average Bonchev–Trinajstić information content (AvgIpc) is 3.18. The molecule has 0 saturated carbocycles. The van der Waals surface area contributed by atoms with Crippen LogP contribution in [0.4, 0.5) is 0 Å². The summed E-state index contributed by atoms with van der Waals surface area (Å²) in [5.74, 6) is -1.87. The van der Waals surface area contributed by atoms with Crippen molar-refractivity contribution in [1.29, 1.82) is 0 Å². The van der Waals surface area contributed by atoms with E-state index in [-0.39, 0.29) is 19.1 Å². The summed E-state index contributed by atoms with van der Waals surface area (Å²) in [7, 11) is 0. The quantitative estimate of drug-likeness (QED) is 0.0897. The molecular formula is C43H40O9. The fraction of sp³-hybridized carbons (Fsp3) is 0.233. The highest BCUT2D eigenvalue weighted by atomic mass is 16.7. The molecule has 0 N–H and O–H groups in total. The Bertz CT molecular complexity index is 1880. The Hall–Kier alpha value is -5.77. The monoisotopic (exact) mass is 700 g/mol. The van der Waals surface area contributed by atoms with E-state index >= 15 is 0 Å². The first-order valence-electron chi connectivity index (χ1n) is 17.2. The number of rotatable bonds is 13. The van der Waals surface area contributed by atoms with Gasteiger partial charge in [0.05, 0.1) is 17.7 Å². The zero-order valence-electron chi connectivity index (χ0n) is 28.9. The molecular weight excluding hydrogens is 660 g/mol.